The molecule has 1 fully saturated rings. The Labute approximate surface area is 104 Å². The van der Waals surface area contributed by atoms with Gasteiger partial charge in [0.15, 0.2) is 0 Å². The molecule has 0 aromatic heterocycles. The maximum Gasteiger partial charge on any atom is 0.335 e. The second-order valence-corrected chi connectivity index (χ2v) is 4.45. The molecule has 0 bridgehead atoms. The highest BCUT2D eigenvalue weighted by Crippen LogP contribution is 2.34. The van der Waals surface area contributed by atoms with Gasteiger partial charge in [-0.3, -0.25) is 10.1 Å². The number of anilines is 1. The molecule has 0 spiro atoms. The summed E-state index contributed by atoms with van der Waals surface area (Å²) in [6.45, 7) is 2.72. The molecule has 0 saturated carbocycles. The minimum Gasteiger partial charge on any atom is -0.478 e. The molecule has 1 aliphatic rings. The van der Waals surface area contributed by atoms with E-state index >= 15 is 0 Å². The van der Waals surface area contributed by atoms with Gasteiger partial charge in [-0.05, 0) is 31.9 Å². The van der Waals surface area contributed by atoms with Gasteiger partial charge in [0, 0.05) is 18.7 Å². The number of benzene rings is 1. The lowest BCUT2D eigenvalue weighted by Crippen LogP contribution is -2.27. The Morgan fingerprint density at radius 3 is 2.78 bits per heavy atom. The summed E-state index contributed by atoms with van der Waals surface area (Å²) < 4.78 is 0. The molecule has 1 atom stereocenters. The van der Waals surface area contributed by atoms with Gasteiger partial charge in [-0.1, -0.05) is 0 Å². The number of carbonyl (C=O) groups is 1. The molecule has 0 radical (unpaired) electrons. The first-order chi connectivity index (χ1) is 8.50. The third-order valence-corrected chi connectivity index (χ3v) is 3.28. The van der Waals surface area contributed by atoms with Crippen LogP contribution in [0.1, 0.15) is 30.1 Å². The molecule has 1 saturated heterocycles. The number of rotatable bonds is 3. The molecule has 6 nitrogen and oxygen atoms in total. The lowest BCUT2D eigenvalue weighted by Gasteiger charge is -2.23. The summed E-state index contributed by atoms with van der Waals surface area (Å²) in [6.07, 6.45) is 1.93. The second kappa shape index (κ2) is 4.64. The van der Waals surface area contributed by atoms with Crippen molar-refractivity contribution < 1.29 is 14.8 Å². The van der Waals surface area contributed by atoms with Gasteiger partial charge >= 0.3 is 5.97 Å². The minimum atomic E-state index is -1.07. The van der Waals surface area contributed by atoms with Gasteiger partial charge in [-0.15, -0.1) is 0 Å². The molecule has 1 N–H and O–H groups in total. The number of nitro benzene ring substituents is 1. The van der Waals surface area contributed by atoms with Gasteiger partial charge in [0.2, 0.25) is 0 Å². The summed E-state index contributed by atoms with van der Waals surface area (Å²) in [5, 5.41) is 20.0. The van der Waals surface area contributed by atoms with Crippen LogP contribution in [0.4, 0.5) is 11.4 Å². The van der Waals surface area contributed by atoms with Crippen LogP contribution in [0.25, 0.3) is 0 Å². The molecular formula is C12H14N2O4. The summed E-state index contributed by atoms with van der Waals surface area (Å²) in [5.41, 5.74) is 0.452. The Kier molecular flexibility index (Phi) is 3.18. The van der Waals surface area contributed by atoms with Crippen LogP contribution < -0.4 is 4.90 Å². The van der Waals surface area contributed by atoms with Crippen LogP contribution in [0, 0.1) is 10.1 Å². The highest BCUT2D eigenvalue weighted by molar-refractivity contribution is 5.90. The van der Waals surface area contributed by atoms with E-state index in [0.29, 0.717) is 5.69 Å². The van der Waals surface area contributed by atoms with Crippen molar-refractivity contribution in [2.75, 3.05) is 11.4 Å². The van der Waals surface area contributed by atoms with Crippen molar-refractivity contribution in [1.29, 1.82) is 0 Å². The largest absolute Gasteiger partial charge is 0.478 e. The summed E-state index contributed by atoms with van der Waals surface area (Å²) in [7, 11) is 0. The zero-order valence-electron chi connectivity index (χ0n) is 10.00. The summed E-state index contributed by atoms with van der Waals surface area (Å²) in [4.78, 5) is 23.4. The number of hydrogen-bond donors (Lipinski definition) is 1. The number of hydrogen-bond acceptors (Lipinski definition) is 4. The van der Waals surface area contributed by atoms with Gasteiger partial charge in [-0.25, -0.2) is 4.79 Å². The van der Waals surface area contributed by atoms with Crippen molar-refractivity contribution in [3.63, 3.8) is 0 Å². The van der Waals surface area contributed by atoms with Crippen molar-refractivity contribution in [3.05, 3.63) is 33.9 Å². The van der Waals surface area contributed by atoms with E-state index < -0.39 is 10.9 Å². The van der Waals surface area contributed by atoms with E-state index in [4.69, 9.17) is 5.11 Å². The van der Waals surface area contributed by atoms with Crippen LogP contribution in [0.5, 0.6) is 0 Å². The molecule has 0 aliphatic carbocycles. The first-order valence-electron chi connectivity index (χ1n) is 5.79. The molecular weight excluding hydrogens is 236 g/mol. The van der Waals surface area contributed by atoms with Crippen LogP contribution in [0.15, 0.2) is 18.2 Å². The summed E-state index contributed by atoms with van der Waals surface area (Å²) in [5.74, 6) is -1.07. The van der Waals surface area contributed by atoms with Crippen molar-refractivity contribution in [2.45, 2.75) is 25.8 Å². The molecule has 1 heterocycles. The molecule has 6 heteroatoms. The smallest absolute Gasteiger partial charge is 0.335 e. The maximum absolute atomic E-state index is 11.0. The summed E-state index contributed by atoms with van der Waals surface area (Å²) >= 11 is 0. The van der Waals surface area contributed by atoms with Crippen LogP contribution in [0.2, 0.25) is 0 Å². The van der Waals surface area contributed by atoms with E-state index in [2.05, 4.69) is 0 Å². The second-order valence-electron chi connectivity index (χ2n) is 4.45. The zero-order chi connectivity index (χ0) is 13.3. The maximum atomic E-state index is 11.0. The van der Waals surface area contributed by atoms with Crippen LogP contribution in [0.3, 0.4) is 0 Å². The molecule has 18 heavy (non-hydrogen) atoms. The molecule has 1 aliphatic heterocycles. The van der Waals surface area contributed by atoms with Gasteiger partial charge in [0.1, 0.15) is 5.69 Å². The monoisotopic (exact) mass is 250 g/mol. The van der Waals surface area contributed by atoms with E-state index in [0.717, 1.165) is 19.4 Å². The number of aromatic carboxylic acids is 1. The lowest BCUT2D eigenvalue weighted by atomic mass is 10.1. The molecule has 0 amide bonds. The van der Waals surface area contributed by atoms with E-state index in [1.165, 1.54) is 18.2 Å². The standard InChI is InChI=1S/C12H14N2O4/c1-8-3-2-6-13(8)11-7-9(12(15)16)4-5-10(11)14(17)18/h4-5,7-8H,2-3,6H2,1H3,(H,15,16). The van der Waals surface area contributed by atoms with E-state index in [1.54, 1.807) is 0 Å². The third-order valence-electron chi connectivity index (χ3n) is 3.28. The number of carboxylic acids is 1. The minimum absolute atomic E-state index is 0.0336. The number of nitrogens with zero attached hydrogens (tertiary/aromatic N) is 2. The van der Waals surface area contributed by atoms with Gasteiger partial charge in [-0.2, -0.15) is 0 Å². The van der Waals surface area contributed by atoms with Crippen molar-refractivity contribution in [3.8, 4) is 0 Å². The average molecular weight is 250 g/mol. The highest BCUT2D eigenvalue weighted by atomic mass is 16.6. The fourth-order valence-electron chi connectivity index (χ4n) is 2.33. The Balaban J connectivity index is 2.50. The Morgan fingerprint density at radius 2 is 2.28 bits per heavy atom. The average Bonchev–Trinajstić information content (AvgIpc) is 2.74. The Bertz CT molecular complexity index is 501. The predicted octanol–water partition coefficient (Wildman–Crippen LogP) is 2.28. The highest BCUT2D eigenvalue weighted by Gasteiger charge is 2.27. The fraction of sp³-hybridized carbons (Fsp3) is 0.417. The first kappa shape index (κ1) is 12.3. The van der Waals surface area contributed by atoms with E-state index in [1.807, 2.05) is 11.8 Å². The van der Waals surface area contributed by atoms with Crippen LogP contribution in [-0.2, 0) is 0 Å². The molecule has 1 aromatic carbocycles. The Hall–Kier alpha value is -2.11. The quantitative estimate of drug-likeness (QED) is 0.657. The number of carboxylic acid groups (broad SMARTS) is 1. The fourth-order valence-corrected chi connectivity index (χ4v) is 2.33. The zero-order valence-corrected chi connectivity index (χ0v) is 10.00. The first-order valence-corrected chi connectivity index (χ1v) is 5.79. The van der Waals surface area contributed by atoms with E-state index in [9.17, 15) is 14.9 Å². The van der Waals surface area contributed by atoms with Gasteiger partial charge in [0.25, 0.3) is 5.69 Å². The van der Waals surface area contributed by atoms with Gasteiger partial charge < -0.3 is 10.0 Å². The van der Waals surface area contributed by atoms with Crippen LogP contribution in [-0.4, -0.2) is 28.6 Å². The number of nitro groups is 1. The van der Waals surface area contributed by atoms with Crippen molar-refractivity contribution in [1.82, 2.24) is 0 Å². The molecule has 96 valence electrons. The van der Waals surface area contributed by atoms with Crippen molar-refractivity contribution >= 4 is 17.3 Å². The topological polar surface area (TPSA) is 83.7 Å². The van der Waals surface area contributed by atoms with E-state index in [-0.39, 0.29) is 17.3 Å². The van der Waals surface area contributed by atoms with Crippen molar-refractivity contribution in [2.24, 2.45) is 0 Å². The Morgan fingerprint density at radius 1 is 1.56 bits per heavy atom. The third kappa shape index (κ3) is 2.13. The molecule has 1 unspecified atom stereocenters. The van der Waals surface area contributed by atoms with Crippen LogP contribution >= 0.6 is 0 Å². The predicted molar refractivity (Wildman–Crippen MR) is 66.1 cm³/mol. The molecule has 1 aromatic rings. The SMILES string of the molecule is CC1CCCN1c1cc(C(=O)O)ccc1[N+](=O)[O-]. The molecule has 2 rings (SSSR count). The lowest BCUT2D eigenvalue weighted by molar-refractivity contribution is -0.384. The summed E-state index contributed by atoms with van der Waals surface area (Å²) in [6, 6.07) is 4.13. The normalized spacial score (nSPS) is 18.9. The van der Waals surface area contributed by atoms with Gasteiger partial charge in [0.05, 0.1) is 10.5 Å².